The third-order valence-corrected chi connectivity index (χ3v) is 5.95. The molecule has 0 saturated carbocycles. The first-order valence-corrected chi connectivity index (χ1v) is 10.3. The highest BCUT2D eigenvalue weighted by atomic mass is 35.5. The molecule has 2 aromatic heterocycles. The third kappa shape index (κ3) is 3.45. The van der Waals surface area contributed by atoms with Gasteiger partial charge in [-0.1, -0.05) is 23.7 Å². The number of aliphatic carboxylic acids is 1. The fourth-order valence-corrected chi connectivity index (χ4v) is 4.61. The summed E-state index contributed by atoms with van der Waals surface area (Å²) in [5.74, 6) is -0.00574. The van der Waals surface area contributed by atoms with Crippen LogP contribution in [0.5, 0.6) is 5.88 Å². The largest absolute Gasteiger partial charge is 0.481 e. The molecule has 1 aliphatic carbocycles. The fraction of sp³-hybridized carbons (Fsp3) is 0.348. The number of pyridine rings is 1. The van der Waals surface area contributed by atoms with Gasteiger partial charge in [-0.3, -0.25) is 4.79 Å². The number of carbonyl (C=O) groups is 1. The van der Waals surface area contributed by atoms with E-state index in [-0.39, 0.29) is 12.5 Å². The molecule has 1 unspecified atom stereocenters. The van der Waals surface area contributed by atoms with E-state index >= 15 is 0 Å². The van der Waals surface area contributed by atoms with E-state index in [4.69, 9.17) is 20.8 Å². The highest BCUT2D eigenvalue weighted by molar-refractivity contribution is 6.32. The number of hydrogen-bond donors (Lipinski definition) is 1. The Morgan fingerprint density at radius 3 is 2.80 bits per heavy atom. The van der Waals surface area contributed by atoms with Crippen LogP contribution in [0.15, 0.2) is 41.3 Å². The Bertz CT molecular complexity index is 1090. The molecule has 156 valence electrons. The predicted octanol–water partition coefficient (Wildman–Crippen LogP) is 5.19. The van der Waals surface area contributed by atoms with E-state index in [1.165, 1.54) is 6.26 Å². The van der Waals surface area contributed by atoms with Gasteiger partial charge in [0.2, 0.25) is 11.8 Å². The zero-order valence-electron chi connectivity index (χ0n) is 17.1. The van der Waals surface area contributed by atoms with Gasteiger partial charge < -0.3 is 14.3 Å². The molecule has 1 aliphatic rings. The van der Waals surface area contributed by atoms with Crippen LogP contribution in [-0.2, 0) is 16.6 Å². The van der Waals surface area contributed by atoms with E-state index < -0.39 is 11.4 Å². The smallest absolute Gasteiger partial charge is 0.304 e. The molecule has 6 nitrogen and oxygen atoms in total. The van der Waals surface area contributed by atoms with Crippen molar-refractivity contribution in [3.05, 3.63) is 64.5 Å². The van der Waals surface area contributed by atoms with Crippen molar-refractivity contribution >= 4 is 17.6 Å². The Kier molecular flexibility index (Phi) is 5.28. The van der Waals surface area contributed by atoms with Gasteiger partial charge in [0.05, 0.1) is 24.1 Å². The predicted molar refractivity (Wildman–Crippen MR) is 113 cm³/mol. The second-order valence-electron chi connectivity index (χ2n) is 7.93. The minimum Gasteiger partial charge on any atom is -0.481 e. The molecule has 1 N–H and O–H groups in total. The Balaban J connectivity index is 1.78. The van der Waals surface area contributed by atoms with E-state index in [0.717, 1.165) is 34.2 Å². The van der Waals surface area contributed by atoms with Crippen LogP contribution in [0.4, 0.5) is 0 Å². The van der Waals surface area contributed by atoms with E-state index in [0.29, 0.717) is 23.2 Å². The summed E-state index contributed by atoms with van der Waals surface area (Å²) in [4.78, 5) is 20.4. The number of oxazole rings is 1. The second-order valence-corrected chi connectivity index (χ2v) is 8.34. The molecule has 7 heteroatoms. The van der Waals surface area contributed by atoms with E-state index in [9.17, 15) is 9.90 Å². The molecular formula is C23H23ClN2O4. The highest BCUT2D eigenvalue weighted by Crippen LogP contribution is 2.48. The summed E-state index contributed by atoms with van der Waals surface area (Å²) in [6.07, 6.45) is 6.12. The third-order valence-electron chi connectivity index (χ3n) is 5.68. The van der Waals surface area contributed by atoms with Crippen molar-refractivity contribution in [1.29, 1.82) is 0 Å². The molecule has 0 fully saturated rings. The van der Waals surface area contributed by atoms with Gasteiger partial charge in [-0.25, -0.2) is 9.97 Å². The number of nitrogens with zero attached hydrogens (tertiary/aromatic N) is 2. The number of carboxylic acids is 1. The van der Waals surface area contributed by atoms with Crippen molar-refractivity contribution in [3.63, 3.8) is 0 Å². The van der Waals surface area contributed by atoms with Gasteiger partial charge in [0, 0.05) is 11.8 Å². The van der Waals surface area contributed by atoms with Crippen LogP contribution < -0.4 is 4.74 Å². The number of rotatable bonds is 6. The standard InChI is InChI=1S/C23H23ClN2O4/c1-13(2)30-21-19(24)10-15(12-26-21)16-4-5-18-17(14(16)3)6-7-23(18,11-20(27)28)22-25-8-9-29-22/h4-5,8-10,12-13H,6-7,11H2,1-3H3,(H,27,28). The van der Waals surface area contributed by atoms with E-state index in [1.54, 1.807) is 12.4 Å². The maximum Gasteiger partial charge on any atom is 0.304 e. The molecule has 0 saturated heterocycles. The average molecular weight is 427 g/mol. The molecule has 0 spiro atoms. The lowest BCUT2D eigenvalue weighted by Gasteiger charge is -2.25. The molecule has 1 atom stereocenters. The van der Waals surface area contributed by atoms with Crippen molar-refractivity contribution in [2.45, 2.75) is 51.6 Å². The van der Waals surface area contributed by atoms with Crippen molar-refractivity contribution in [3.8, 4) is 17.0 Å². The van der Waals surface area contributed by atoms with Crippen LogP contribution in [-0.4, -0.2) is 27.1 Å². The number of aromatic nitrogens is 2. The minimum absolute atomic E-state index is 0.0138. The van der Waals surface area contributed by atoms with Crippen LogP contribution in [0.2, 0.25) is 5.02 Å². The van der Waals surface area contributed by atoms with E-state index in [2.05, 4.69) is 9.97 Å². The molecule has 4 rings (SSSR count). The van der Waals surface area contributed by atoms with Crippen LogP contribution in [0.25, 0.3) is 11.1 Å². The fourth-order valence-electron chi connectivity index (χ4n) is 4.40. The quantitative estimate of drug-likeness (QED) is 0.583. The number of halogens is 1. The number of fused-ring (bicyclic) bond motifs is 1. The normalized spacial score (nSPS) is 17.9. The molecule has 0 amide bonds. The zero-order chi connectivity index (χ0) is 21.5. The first kappa shape index (κ1) is 20.4. The SMILES string of the molecule is Cc1c(-c2cnc(OC(C)C)c(Cl)c2)ccc2c1CCC2(CC(=O)O)c1ncco1. The topological polar surface area (TPSA) is 85.5 Å². The van der Waals surface area contributed by atoms with Crippen LogP contribution >= 0.6 is 11.6 Å². The Morgan fingerprint density at radius 1 is 1.37 bits per heavy atom. The summed E-state index contributed by atoms with van der Waals surface area (Å²) >= 11 is 6.39. The molecular weight excluding hydrogens is 404 g/mol. The summed E-state index contributed by atoms with van der Waals surface area (Å²) < 4.78 is 11.2. The van der Waals surface area contributed by atoms with Gasteiger partial charge in [0.15, 0.2) is 0 Å². The van der Waals surface area contributed by atoms with E-state index in [1.807, 2.05) is 39.0 Å². The maximum absolute atomic E-state index is 11.7. The first-order chi connectivity index (χ1) is 14.3. The maximum atomic E-state index is 11.7. The van der Waals surface area contributed by atoms with Crippen molar-refractivity contribution in [1.82, 2.24) is 9.97 Å². The van der Waals surface area contributed by atoms with Gasteiger partial charge in [-0.05, 0) is 61.9 Å². The summed E-state index contributed by atoms with van der Waals surface area (Å²) in [5, 5.41) is 10.0. The summed E-state index contributed by atoms with van der Waals surface area (Å²) in [5.41, 5.74) is 4.33. The van der Waals surface area contributed by atoms with Gasteiger partial charge in [-0.15, -0.1) is 0 Å². The van der Waals surface area contributed by atoms with Crippen molar-refractivity contribution < 1.29 is 19.1 Å². The van der Waals surface area contributed by atoms with Crippen LogP contribution in [0.3, 0.4) is 0 Å². The highest BCUT2D eigenvalue weighted by Gasteiger charge is 2.46. The summed E-state index contributed by atoms with van der Waals surface area (Å²) in [7, 11) is 0. The lowest BCUT2D eigenvalue weighted by molar-refractivity contribution is -0.138. The molecule has 0 radical (unpaired) electrons. The summed E-state index contributed by atoms with van der Waals surface area (Å²) in [6, 6.07) is 5.84. The lowest BCUT2D eigenvalue weighted by Crippen LogP contribution is -2.28. The average Bonchev–Trinajstić information content (AvgIpc) is 3.33. The molecule has 0 bridgehead atoms. The molecule has 1 aromatic carbocycles. The number of hydrogen-bond acceptors (Lipinski definition) is 5. The Labute approximate surface area is 179 Å². The molecule has 3 aromatic rings. The Hall–Kier alpha value is -2.86. The monoisotopic (exact) mass is 426 g/mol. The van der Waals surface area contributed by atoms with Gasteiger partial charge in [0.25, 0.3) is 0 Å². The number of carboxylic acid groups (broad SMARTS) is 1. The molecule has 2 heterocycles. The van der Waals surface area contributed by atoms with Crippen molar-refractivity contribution in [2.24, 2.45) is 0 Å². The lowest BCUT2D eigenvalue weighted by atomic mass is 9.77. The first-order valence-electron chi connectivity index (χ1n) is 9.89. The minimum atomic E-state index is -0.875. The number of ether oxygens (including phenoxy) is 1. The number of benzene rings is 1. The van der Waals surface area contributed by atoms with Gasteiger partial charge in [-0.2, -0.15) is 0 Å². The van der Waals surface area contributed by atoms with Crippen molar-refractivity contribution in [2.75, 3.05) is 0 Å². The molecule has 30 heavy (non-hydrogen) atoms. The van der Waals surface area contributed by atoms with Gasteiger partial charge in [0.1, 0.15) is 11.3 Å². The molecule has 0 aliphatic heterocycles. The van der Waals surface area contributed by atoms with Gasteiger partial charge >= 0.3 is 5.97 Å². The second kappa shape index (κ2) is 7.76. The Morgan fingerprint density at radius 2 is 2.17 bits per heavy atom. The zero-order valence-corrected chi connectivity index (χ0v) is 17.9. The summed E-state index contributed by atoms with van der Waals surface area (Å²) in [6.45, 7) is 5.90. The van der Waals surface area contributed by atoms with Crippen LogP contribution in [0, 0.1) is 6.92 Å². The van der Waals surface area contributed by atoms with Crippen LogP contribution in [0.1, 0.15) is 49.3 Å².